The molecule has 0 atom stereocenters. The number of nitrogens with one attached hydrogen (secondary N) is 1. The molecule has 0 fully saturated rings. The molecular formula is C9H9BrFNO. The van der Waals surface area contributed by atoms with Gasteiger partial charge in [-0.1, -0.05) is 15.9 Å². The predicted octanol–water partition coefficient (Wildman–Crippen LogP) is 2.70. The molecule has 0 aliphatic carbocycles. The maximum Gasteiger partial charge on any atom is 0.178 e. The summed E-state index contributed by atoms with van der Waals surface area (Å²) >= 11 is 3.29. The zero-order valence-electron chi connectivity index (χ0n) is 7.16. The van der Waals surface area contributed by atoms with Crippen LogP contribution in [-0.4, -0.2) is 13.2 Å². The summed E-state index contributed by atoms with van der Waals surface area (Å²) in [6.45, 7) is 3.17. The molecule has 0 spiro atoms. The monoisotopic (exact) mass is 245 g/mol. The Hall–Kier alpha value is -0.770. The van der Waals surface area contributed by atoms with Crippen molar-refractivity contribution in [2.45, 2.75) is 6.92 Å². The van der Waals surface area contributed by atoms with Crippen LogP contribution < -0.4 is 10.1 Å². The maximum atomic E-state index is 13.3. The van der Waals surface area contributed by atoms with Gasteiger partial charge < -0.3 is 10.1 Å². The van der Waals surface area contributed by atoms with Gasteiger partial charge in [0.25, 0.3) is 0 Å². The Morgan fingerprint density at radius 1 is 1.62 bits per heavy atom. The third kappa shape index (κ3) is 1.39. The summed E-state index contributed by atoms with van der Waals surface area (Å²) in [6, 6.07) is 1.43. The van der Waals surface area contributed by atoms with Gasteiger partial charge in [0.05, 0.1) is 5.69 Å². The first-order valence-corrected chi connectivity index (χ1v) is 4.84. The van der Waals surface area contributed by atoms with Crippen LogP contribution in [0.25, 0.3) is 0 Å². The van der Waals surface area contributed by atoms with E-state index in [1.165, 1.54) is 6.07 Å². The van der Waals surface area contributed by atoms with Gasteiger partial charge in [-0.15, -0.1) is 0 Å². The summed E-state index contributed by atoms with van der Waals surface area (Å²) in [5.74, 6) is 0.0200. The summed E-state index contributed by atoms with van der Waals surface area (Å²) in [4.78, 5) is 0. The minimum Gasteiger partial charge on any atom is -0.486 e. The fraction of sp³-hybridized carbons (Fsp3) is 0.333. The smallest absolute Gasteiger partial charge is 0.178 e. The van der Waals surface area contributed by atoms with E-state index in [4.69, 9.17) is 4.74 Å². The molecule has 0 saturated heterocycles. The normalized spacial score (nSPS) is 14.4. The molecular weight excluding hydrogens is 237 g/mol. The molecule has 2 nitrogen and oxygen atoms in total. The summed E-state index contributed by atoms with van der Waals surface area (Å²) in [5.41, 5.74) is 1.74. The molecule has 1 aliphatic rings. The lowest BCUT2D eigenvalue weighted by Crippen LogP contribution is -2.19. The van der Waals surface area contributed by atoms with E-state index in [-0.39, 0.29) is 5.82 Å². The number of ether oxygens (including phenoxy) is 1. The number of fused-ring (bicyclic) bond motifs is 1. The van der Waals surface area contributed by atoms with Crippen LogP contribution in [0.15, 0.2) is 10.5 Å². The van der Waals surface area contributed by atoms with Crippen molar-refractivity contribution in [1.29, 1.82) is 0 Å². The van der Waals surface area contributed by atoms with E-state index < -0.39 is 0 Å². The zero-order chi connectivity index (χ0) is 9.42. The molecule has 0 bridgehead atoms. The van der Waals surface area contributed by atoms with Crippen LogP contribution in [0, 0.1) is 12.7 Å². The van der Waals surface area contributed by atoms with E-state index in [0.29, 0.717) is 12.4 Å². The van der Waals surface area contributed by atoms with Crippen molar-refractivity contribution in [3.63, 3.8) is 0 Å². The molecule has 1 heterocycles. The first-order chi connectivity index (χ1) is 6.20. The van der Waals surface area contributed by atoms with Crippen LogP contribution in [0.2, 0.25) is 0 Å². The van der Waals surface area contributed by atoms with Crippen LogP contribution in [0.3, 0.4) is 0 Å². The first kappa shape index (κ1) is 8.81. The minimum absolute atomic E-state index is 0.320. The fourth-order valence-electron chi connectivity index (χ4n) is 1.38. The van der Waals surface area contributed by atoms with E-state index in [0.717, 1.165) is 22.3 Å². The number of anilines is 1. The van der Waals surface area contributed by atoms with Crippen LogP contribution in [0.1, 0.15) is 5.56 Å². The van der Waals surface area contributed by atoms with Crippen LogP contribution in [0.4, 0.5) is 10.1 Å². The van der Waals surface area contributed by atoms with E-state index in [1.54, 1.807) is 0 Å². The summed E-state index contributed by atoms with van der Waals surface area (Å²) in [6.07, 6.45) is 0. The van der Waals surface area contributed by atoms with Gasteiger partial charge in [-0.05, 0) is 18.6 Å². The van der Waals surface area contributed by atoms with Gasteiger partial charge in [0.2, 0.25) is 0 Å². The molecule has 4 heteroatoms. The summed E-state index contributed by atoms with van der Waals surface area (Å²) < 4.78 is 19.3. The Bertz CT molecular complexity index is 354. The molecule has 2 rings (SSSR count). The average molecular weight is 246 g/mol. The predicted molar refractivity (Wildman–Crippen MR) is 52.8 cm³/mol. The molecule has 1 N–H and O–H groups in total. The molecule has 0 radical (unpaired) electrons. The summed E-state index contributed by atoms with van der Waals surface area (Å²) in [5, 5.41) is 3.12. The standard InChI is InChI=1S/C9H9BrFNO/c1-5-6(10)4-7(11)9-8(5)12-2-3-13-9/h4,12H,2-3H2,1H3. The van der Waals surface area contributed by atoms with Crippen molar-refractivity contribution in [3.8, 4) is 5.75 Å². The molecule has 0 saturated carbocycles. The first-order valence-electron chi connectivity index (χ1n) is 4.05. The Morgan fingerprint density at radius 2 is 2.38 bits per heavy atom. The van der Waals surface area contributed by atoms with E-state index in [1.807, 2.05) is 6.92 Å². The number of hydrogen-bond acceptors (Lipinski definition) is 2. The lowest BCUT2D eigenvalue weighted by atomic mass is 10.1. The second-order valence-electron chi connectivity index (χ2n) is 2.94. The minimum atomic E-state index is -0.320. The van der Waals surface area contributed by atoms with Gasteiger partial charge in [0.1, 0.15) is 6.61 Å². The van der Waals surface area contributed by atoms with E-state index in [2.05, 4.69) is 21.2 Å². The Kier molecular flexibility index (Phi) is 2.15. The van der Waals surface area contributed by atoms with Crippen LogP contribution in [-0.2, 0) is 0 Å². The molecule has 0 aromatic heterocycles. The van der Waals surface area contributed by atoms with Crippen molar-refractivity contribution in [2.75, 3.05) is 18.5 Å². The van der Waals surface area contributed by atoms with Gasteiger partial charge in [-0.3, -0.25) is 0 Å². The van der Waals surface area contributed by atoms with Crippen LogP contribution >= 0.6 is 15.9 Å². The third-order valence-corrected chi connectivity index (χ3v) is 2.90. The van der Waals surface area contributed by atoms with E-state index in [9.17, 15) is 4.39 Å². The highest BCUT2D eigenvalue weighted by Gasteiger charge is 2.18. The molecule has 1 aromatic carbocycles. The van der Waals surface area contributed by atoms with Gasteiger partial charge >= 0.3 is 0 Å². The molecule has 0 unspecified atom stereocenters. The molecule has 0 amide bonds. The Morgan fingerprint density at radius 3 is 3.15 bits per heavy atom. The van der Waals surface area contributed by atoms with Crippen molar-refractivity contribution < 1.29 is 9.13 Å². The number of hydrogen-bond donors (Lipinski definition) is 1. The van der Waals surface area contributed by atoms with Crippen molar-refractivity contribution >= 4 is 21.6 Å². The molecule has 13 heavy (non-hydrogen) atoms. The third-order valence-electron chi connectivity index (χ3n) is 2.08. The lowest BCUT2D eigenvalue weighted by molar-refractivity contribution is 0.305. The quantitative estimate of drug-likeness (QED) is 0.759. The summed E-state index contributed by atoms with van der Waals surface area (Å²) in [7, 11) is 0. The van der Waals surface area contributed by atoms with Crippen molar-refractivity contribution in [1.82, 2.24) is 0 Å². The van der Waals surface area contributed by atoms with Gasteiger partial charge in [-0.25, -0.2) is 4.39 Å². The molecule has 1 aromatic rings. The highest BCUT2D eigenvalue weighted by Crippen LogP contribution is 2.37. The molecule has 1 aliphatic heterocycles. The molecule has 70 valence electrons. The number of rotatable bonds is 0. The highest BCUT2D eigenvalue weighted by atomic mass is 79.9. The fourth-order valence-corrected chi connectivity index (χ4v) is 1.78. The Labute approximate surface area is 84.2 Å². The average Bonchev–Trinajstić information content (AvgIpc) is 2.15. The highest BCUT2D eigenvalue weighted by molar-refractivity contribution is 9.10. The zero-order valence-corrected chi connectivity index (χ0v) is 8.74. The largest absolute Gasteiger partial charge is 0.486 e. The van der Waals surface area contributed by atoms with Gasteiger partial charge in [-0.2, -0.15) is 0 Å². The van der Waals surface area contributed by atoms with E-state index >= 15 is 0 Å². The van der Waals surface area contributed by atoms with Gasteiger partial charge in [0.15, 0.2) is 11.6 Å². The number of halogens is 2. The second kappa shape index (κ2) is 3.18. The van der Waals surface area contributed by atoms with Crippen molar-refractivity contribution in [3.05, 3.63) is 21.9 Å². The lowest BCUT2D eigenvalue weighted by Gasteiger charge is -2.22. The van der Waals surface area contributed by atoms with Crippen LogP contribution in [0.5, 0.6) is 5.75 Å². The SMILES string of the molecule is Cc1c(Br)cc(F)c2c1NCCO2. The van der Waals surface area contributed by atoms with Crippen molar-refractivity contribution in [2.24, 2.45) is 0 Å². The Balaban J connectivity index is 2.63. The topological polar surface area (TPSA) is 21.3 Å². The second-order valence-corrected chi connectivity index (χ2v) is 3.80. The maximum absolute atomic E-state index is 13.3. The van der Waals surface area contributed by atoms with Gasteiger partial charge in [0, 0.05) is 11.0 Å². The number of benzene rings is 1.